The van der Waals surface area contributed by atoms with Gasteiger partial charge in [0.05, 0.1) is 7.11 Å². The average Bonchev–Trinajstić information content (AvgIpc) is 2.91. The summed E-state index contributed by atoms with van der Waals surface area (Å²) in [5.74, 6) is 1.40. The highest BCUT2D eigenvalue weighted by molar-refractivity contribution is 6.07. The topological polar surface area (TPSA) is 71.1 Å². The quantitative estimate of drug-likeness (QED) is 0.819. The molecule has 0 unspecified atom stereocenters. The molecule has 3 amide bonds. The van der Waals surface area contributed by atoms with Gasteiger partial charge in [-0.05, 0) is 37.5 Å². The number of hydrogen-bond donors (Lipinski definition) is 1. The maximum Gasteiger partial charge on any atom is 0.325 e. The molecule has 0 radical (unpaired) electrons. The molecule has 1 N–H and O–H groups in total. The molecule has 0 aliphatic carbocycles. The number of para-hydroxylation sites is 1. The molecule has 0 aromatic heterocycles. The Kier molecular flexibility index (Phi) is 4.55. The third-order valence-corrected chi connectivity index (χ3v) is 5.82. The molecule has 1 aromatic carbocycles. The first-order chi connectivity index (χ1) is 13.1. The second-order valence-electron chi connectivity index (χ2n) is 7.28. The number of carbonyl (C=O) groups is 2. The van der Waals surface area contributed by atoms with Crippen molar-refractivity contribution in [1.29, 1.82) is 0 Å². The van der Waals surface area contributed by atoms with Gasteiger partial charge in [-0.15, -0.1) is 0 Å². The van der Waals surface area contributed by atoms with Crippen LogP contribution >= 0.6 is 0 Å². The van der Waals surface area contributed by atoms with Crippen molar-refractivity contribution in [3.8, 4) is 11.5 Å². The van der Waals surface area contributed by atoms with E-state index in [2.05, 4.69) is 16.3 Å². The molecule has 144 valence electrons. The number of rotatable bonds is 4. The predicted molar refractivity (Wildman–Crippen MR) is 101 cm³/mol. The largest absolute Gasteiger partial charge is 0.493 e. The highest BCUT2D eigenvalue weighted by Crippen LogP contribution is 2.37. The number of methoxy groups -OCH3 is 1. The molecule has 4 rings (SSSR count). The van der Waals surface area contributed by atoms with Crippen molar-refractivity contribution in [3.63, 3.8) is 0 Å². The first kappa shape index (κ1) is 17.9. The number of likely N-dealkylation sites (tertiary alicyclic amines) is 1. The molecule has 0 bridgehead atoms. The van der Waals surface area contributed by atoms with Gasteiger partial charge in [0, 0.05) is 31.7 Å². The summed E-state index contributed by atoms with van der Waals surface area (Å²) in [6.07, 6.45) is 3.49. The van der Waals surface area contributed by atoms with E-state index >= 15 is 0 Å². The fourth-order valence-electron chi connectivity index (χ4n) is 4.39. The summed E-state index contributed by atoms with van der Waals surface area (Å²) in [6, 6.07) is 5.62. The number of imide groups is 1. The molecule has 27 heavy (non-hydrogen) atoms. The Morgan fingerprint density at radius 3 is 2.74 bits per heavy atom. The minimum absolute atomic E-state index is 0.143. The van der Waals surface area contributed by atoms with E-state index in [4.69, 9.17) is 9.47 Å². The molecule has 3 aliphatic heterocycles. The maximum atomic E-state index is 12.4. The number of piperidine rings is 1. The lowest BCUT2D eigenvalue weighted by atomic mass is 9.86. The van der Waals surface area contributed by atoms with E-state index in [0.29, 0.717) is 26.0 Å². The minimum atomic E-state index is -0.667. The van der Waals surface area contributed by atoms with Crippen LogP contribution in [0, 0.1) is 0 Å². The number of hydrogen-bond acceptors (Lipinski definition) is 5. The van der Waals surface area contributed by atoms with Crippen molar-refractivity contribution in [1.82, 2.24) is 15.1 Å². The summed E-state index contributed by atoms with van der Waals surface area (Å²) < 4.78 is 11.3. The van der Waals surface area contributed by atoms with E-state index in [1.807, 2.05) is 25.1 Å². The van der Waals surface area contributed by atoms with Crippen LogP contribution in [0.5, 0.6) is 11.5 Å². The Labute approximate surface area is 158 Å². The van der Waals surface area contributed by atoms with Crippen molar-refractivity contribution in [2.75, 3.05) is 39.9 Å². The van der Waals surface area contributed by atoms with Gasteiger partial charge < -0.3 is 14.4 Å². The number of benzene rings is 1. The second kappa shape index (κ2) is 6.88. The van der Waals surface area contributed by atoms with Crippen LogP contribution in [0.4, 0.5) is 4.79 Å². The van der Waals surface area contributed by atoms with E-state index in [-0.39, 0.29) is 11.9 Å². The summed E-state index contributed by atoms with van der Waals surface area (Å²) in [7, 11) is 1.64. The molecule has 0 saturated carbocycles. The first-order valence-corrected chi connectivity index (χ1v) is 9.42. The minimum Gasteiger partial charge on any atom is -0.493 e. The van der Waals surface area contributed by atoms with Gasteiger partial charge in [-0.1, -0.05) is 12.1 Å². The molecule has 2 saturated heterocycles. The van der Waals surface area contributed by atoms with E-state index in [1.54, 1.807) is 12.0 Å². The van der Waals surface area contributed by atoms with E-state index < -0.39 is 5.54 Å². The predicted octanol–water partition coefficient (Wildman–Crippen LogP) is 1.88. The Morgan fingerprint density at radius 1 is 1.26 bits per heavy atom. The van der Waals surface area contributed by atoms with Gasteiger partial charge in [0.25, 0.3) is 5.91 Å². The van der Waals surface area contributed by atoms with E-state index in [9.17, 15) is 9.59 Å². The molecule has 7 heteroatoms. The van der Waals surface area contributed by atoms with Gasteiger partial charge in [0.1, 0.15) is 12.1 Å². The van der Waals surface area contributed by atoms with E-state index in [1.165, 1.54) is 5.57 Å². The molecule has 0 atom stereocenters. The van der Waals surface area contributed by atoms with Gasteiger partial charge in [0.2, 0.25) is 0 Å². The number of likely N-dealkylation sites (N-methyl/N-ethyl adjacent to an activating group) is 1. The van der Waals surface area contributed by atoms with Crippen LogP contribution in [-0.4, -0.2) is 67.2 Å². The monoisotopic (exact) mass is 371 g/mol. The smallest absolute Gasteiger partial charge is 0.325 e. The zero-order valence-electron chi connectivity index (χ0n) is 15.8. The number of ether oxygens (including phenoxy) is 2. The maximum absolute atomic E-state index is 12.4. The third kappa shape index (κ3) is 2.96. The normalized spacial score (nSPS) is 21.6. The molecule has 1 aromatic rings. The Hall–Kier alpha value is -2.54. The van der Waals surface area contributed by atoms with Crippen LogP contribution in [-0.2, 0) is 4.79 Å². The Bertz CT molecular complexity index is 796. The average molecular weight is 371 g/mol. The summed E-state index contributed by atoms with van der Waals surface area (Å²) in [5, 5.41) is 2.48. The first-order valence-electron chi connectivity index (χ1n) is 9.42. The van der Waals surface area contributed by atoms with Gasteiger partial charge in [-0.25, -0.2) is 4.79 Å². The number of urea groups is 1. The van der Waals surface area contributed by atoms with Crippen LogP contribution in [0.15, 0.2) is 23.8 Å². The van der Waals surface area contributed by atoms with Crippen molar-refractivity contribution in [3.05, 3.63) is 29.3 Å². The van der Waals surface area contributed by atoms with Crippen LogP contribution in [0.3, 0.4) is 0 Å². The summed E-state index contributed by atoms with van der Waals surface area (Å²) in [5.41, 5.74) is 1.56. The second-order valence-corrected chi connectivity index (χ2v) is 7.28. The number of nitrogens with one attached hydrogen (secondary N) is 1. The van der Waals surface area contributed by atoms with Crippen LogP contribution in [0.25, 0.3) is 6.08 Å². The van der Waals surface area contributed by atoms with Gasteiger partial charge in [-0.3, -0.25) is 15.0 Å². The molecule has 7 nitrogen and oxygen atoms in total. The van der Waals surface area contributed by atoms with Crippen molar-refractivity contribution < 1.29 is 19.1 Å². The number of carbonyl (C=O) groups excluding carboxylic acids is 2. The Balaban J connectivity index is 1.43. The fourth-order valence-corrected chi connectivity index (χ4v) is 4.39. The lowest BCUT2D eigenvalue weighted by molar-refractivity contribution is -0.129. The van der Waals surface area contributed by atoms with Gasteiger partial charge in [-0.2, -0.15) is 0 Å². The lowest BCUT2D eigenvalue weighted by Crippen LogP contribution is -2.56. The molecular weight excluding hydrogens is 346 g/mol. The summed E-state index contributed by atoms with van der Waals surface area (Å²) in [6.45, 7) is 5.36. The van der Waals surface area contributed by atoms with Crippen molar-refractivity contribution >= 4 is 18.0 Å². The third-order valence-electron chi connectivity index (χ3n) is 5.82. The van der Waals surface area contributed by atoms with Gasteiger partial charge in [0.15, 0.2) is 11.5 Å². The number of nitrogens with zero attached hydrogens (tertiary/aromatic N) is 2. The lowest BCUT2D eigenvalue weighted by Gasteiger charge is -2.42. The van der Waals surface area contributed by atoms with Crippen molar-refractivity contribution in [2.24, 2.45) is 0 Å². The molecule has 2 fully saturated rings. The molecule has 1 spiro atoms. The highest BCUT2D eigenvalue weighted by Gasteiger charge is 2.53. The zero-order valence-corrected chi connectivity index (χ0v) is 15.8. The molecule has 3 aliphatic rings. The van der Waals surface area contributed by atoms with Crippen molar-refractivity contribution in [2.45, 2.75) is 25.3 Å². The standard InChI is InChI=1S/C20H25N3O4/c1-3-23-19(25)21-18(24)20(23)7-9-22(10-8-20)12-14-11-15-5-4-6-16(26-2)17(15)27-13-14/h4-6,11H,3,7-10,12-13H2,1-2H3,(H,21,24,25). The van der Waals surface area contributed by atoms with Gasteiger partial charge >= 0.3 is 6.03 Å². The highest BCUT2D eigenvalue weighted by atomic mass is 16.5. The fraction of sp³-hybridized carbons (Fsp3) is 0.500. The Morgan fingerprint density at radius 2 is 2.04 bits per heavy atom. The zero-order chi connectivity index (χ0) is 19.0. The molecule has 3 heterocycles. The molecular formula is C20H25N3O4. The summed E-state index contributed by atoms with van der Waals surface area (Å²) in [4.78, 5) is 28.4. The van der Waals surface area contributed by atoms with Crippen LogP contribution in [0.2, 0.25) is 0 Å². The number of fused-ring (bicyclic) bond motifs is 1. The number of amides is 3. The van der Waals surface area contributed by atoms with Crippen LogP contribution in [0.1, 0.15) is 25.3 Å². The summed E-state index contributed by atoms with van der Waals surface area (Å²) >= 11 is 0. The SMILES string of the molecule is CCN1C(=O)NC(=O)C12CCN(CC1=Cc3cccc(OC)c3OC1)CC2. The van der Waals surface area contributed by atoms with E-state index in [0.717, 1.165) is 36.7 Å². The van der Waals surface area contributed by atoms with Crippen LogP contribution < -0.4 is 14.8 Å².